The van der Waals surface area contributed by atoms with E-state index in [0.29, 0.717) is 6.67 Å². The van der Waals surface area contributed by atoms with E-state index in [0.717, 1.165) is 30.9 Å². The summed E-state index contributed by atoms with van der Waals surface area (Å²) in [5, 5.41) is 30.6. The molecule has 43 heavy (non-hydrogen) atoms. The fraction of sp³-hybridized carbons (Fsp3) is 0.179. The van der Waals surface area contributed by atoms with E-state index in [-0.39, 0.29) is 40.2 Å². The first kappa shape index (κ1) is 30.7. The number of nitrogens with zero attached hydrogens (tertiary/aromatic N) is 6. The molecule has 12 nitrogen and oxygen atoms in total. The van der Waals surface area contributed by atoms with Gasteiger partial charge in [-0.25, -0.2) is 48.1 Å². The van der Waals surface area contributed by atoms with E-state index >= 15 is 0 Å². The first-order chi connectivity index (χ1) is 20.5. The van der Waals surface area contributed by atoms with Crippen molar-refractivity contribution in [3.8, 4) is 11.3 Å². The van der Waals surface area contributed by atoms with Crippen molar-refractivity contribution in [2.75, 3.05) is 13.2 Å². The minimum absolute atomic E-state index is 0.0138. The molecule has 2 atom stereocenters. The predicted octanol–water partition coefficient (Wildman–Crippen LogP) is 3.23. The zero-order valence-electron chi connectivity index (χ0n) is 22.4. The molecule has 15 heteroatoms. The second-order valence-electron chi connectivity index (χ2n) is 9.21. The largest absolute Gasteiger partial charge is 0.478 e. The van der Waals surface area contributed by atoms with Gasteiger partial charge in [0.05, 0.1) is 35.8 Å². The molecule has 0 aliphatic carbocycles. The van der Waals surface area contributed by atoms with Crippen LogP contribution < -0.4 is 5.43 Å². The van der Waals surface area contributed by atoms with Crippen LogP contribution in [-0.4, -0.2) is 71.8 Å². The molecule has 2 aromatic heterocycles. The van der Waals surface area contributed by atoms with Crippen molar-refractivity contribution in [3.05, 3.63) is 107 Å². The molecule has 0 radical (unpaired) electrons. The van der Waals surface area contributed by atoms with E-state index in [1.54, 1.807) is 6.92 Å². The number of rotatable bonds is 8. The molecule has 1 aliphatic heterocycles. The summed E-state index contributed by atoms with van der Waals surface area (Å²) >= 11 is 0. The highest BCUT2D eigenvalue weighted by molar-refractivity contribution is 6.01. The molecule has 222 valence electrons. The standard InChI is InChI=1S/C20H18F3N7O.C8H6O4/c1-12(18-16(22)5-24-8-27-18)20(31,7-30-11-26-10-29-30)15-3-2-13(21)4-14(15)19-17(23)6-25-9-28-19;9-7(10)5-3-1-2-4-6(5)8(11)12/h2-6,8-9,11-12,29,31H,7,10H2,1H3;1-4H,(H,9,10)(H,11,12)/t12-,20+;/m0./s1. The van der Waals surface area contributed by atoms with Gasteiger partial charge in [-0.15, -0.1) is 0 Å². The molecule has 4 aromatic rings. The number of aliphatic imine (C=N–C) groups is 1. The highest BCUT2D eigenvalue weighted by atomic mass is 19.1. The number of carboxylic acid groups (broad SMARTS) is 2. The molecule has 0 unspecified atom stereocenters. The lowest BCUT2D eigenvalue weighted by molar-refractivity contribution is -0.0136. The molecule has 0 spiro atoms. The van der Waals surface area contributed by atoms with Crippen molar-refractivity contribution >= 4 is 18.3 Å². The van der Waals surface area contributed by atoms with Gasteiger partial charge in [0.15, 0.2) is 11.6 Å². The number of hydrogen-bond acceptors (Lipinski definition) is 10. The molecule has 3 heterocycles. The van der Waals surface area contributed by atoms with Gasteiger partial charge < -0.3 is 15.3 Å². The Labute approximate surface area is 242 Å². The minimum Gasteiger partial charge on any atom is -0.478 e. The number of aromatic nitrogens is 4. The van der Waals surface area contributed by atoms with Crippen LogP contribution in [0, 0.1) is 17.5 Å². The van der Waals surface area contributed by atoms with Crippen LogP contribution in [0.4, 0.5) is 13.2 Å². The lowest BCUT2D eigenvalue weighted by Crippen LogP contribution is -2.47. The molecule has 5 rings (SSSR count). The van der Waals surface area contributed by atoms with E-state index in [9.17, 15) is 27.9 Å². The average Bonchev–Trinajstić information content (AvgIpc) is 3.50. The molecule has 0 fully saturated rings. The molecular weight excluding hydrogens is 571 g/mol. The SMILES string of the molecule is C[C@@H](c1ncncc1F)[C@](O)(CN1C=NCN1)c1ccc(F)cc1-c1ncncc1F.O=C(O)c1ccccc1C(=O)O. The molecule has 0 amide bonds. The van der Waals surface area contributed by atoms with Crippen molar-refractivity contribution < 1.29 is 38.1 Å². The summed E-state index contributed by atoms with van der Waals surface area (Å²) in [5.74, 6) is -5.56. The van der Waals surface area contributed by atoms with Gasteiger partial charge in [-0.3, -0.25) is 10.0 Å². The zero-order chi connectivity index (χ0) is 31.1. The number of hydrogen-bond donors (Lipinski definition) is 4. The molecule has 0 saturated heterocycles. The summed E-state index contributed by atoms with van der Waals surface area (Å²) in [7, 11) is 0. The van der Waals surface area contributed by atoms with Crippen LogP contribution in [0.5, 0.6) is 0 Å². The second kappa shape index (κ2) is 13.1. The maximum atomic E-state index is 14.5. The van der Waals surface area contributed by atoms with Gasteiger partial charge in [0.25, 0.3) is 0 Å². The van der Waals surface area contributed by atoms with Gasteiger partial charge in [0.2, 0.25) is 0 Å². The number of carboxylic acids is 2. The smallest absolute Gasteiger partial charge is 0.336 e. The second-order valence-corrected chi connectivity index (χ2v) is 9.21. The van der Waals surface area contributed by atoms with Gasteiger partial charge in [-0.1, -0.05) is 25.1 Å². The predicted molar refractivity (Wildman–Crippen MR) is 145 cm³/mol. The van der Waals surface area contributed by atoms with E-state index in [1.165, 1.54) is 48.0 Å². The summed E-state index contributed by atoms with van der Waals surface area (Å²) in [4.78, 5) is 40.1. The molecule has 0 saturated carbocycles. The number of aliphatic hydroxyl groups is 1. The Balaban J connectivity index is 0.000000296. The van der Waals surface area contributed by atoms with Crippen molar-refractivity contribution in [3.63, 3.8) is 0 Å². The van der Waals surface area contributed by atoms with Gasteiger partial charge >= 0.3 is 11.9 Å². The molecule has 4 N–H and O–H groups in total. The topological polar surface area (TPSA) is 174 Å². The summed E-state index contributed by atoms with van der Waals surface area (Å²) < 4.78 is 43.2. The molecule has 0 bridgehead atoms. The number of carbonyl (C=O) groups is 2. The van der Waals surface area contributed by atoms with Crippen LogP contribution in [0.2, 0.25) is 0 Å². The summed E-state index contributed by atoms with van der Waals surface area (Å²) in [6.07, 6.45) is 5.69. The van der Waals surface area contributed by atoms with Gasteiger partial charge in [0.1, 0.15) is 42.8 Å². The van der Waals surface area contributed by atoms with E-state index in [2.05, 4.69) is 30.4 Å². The van der Waals surface area contributed by atoms with E-state index < -0.39 is 40.9 Å². The van der Waals surface area contributed by atoms with Crippen LogP contribution in [0.3, 0.4) is 0 Å². The van der Waals surface area contributed by atoms with Gasteiger partial charge in [-0.05, 0) is 29.8 Å². The van der Waals surface area contributed by atoms with Crippen LogP contribution in [0.15, 0.2) is 72.5 Å². The third-order valence-electron chi connectivity index (χ3n) is 6.58. The Kier molecular flexibility index (Phi) is 9.37. The van der Waals surface area contributed by atoms with Crippen LogP contribution in [-0.2, 0) is 5.60 Å². The Hall–Kier alpha value is -5.28. The number of halogens is 3. The van der Waals surface area contributed by atoms with Crippen molar-refractivity contribution in [1.82, 2.24) is 30.4 Å². The first-order valence-electron chi connectivity index (χ1n) is 12.5. The maximum absolute atomic E-state index is 14.5. The van der Waals surface area contributed by atoms with E-state index in [4.69, 9.17) is 10.2 Å². The normalized spacial score (nSPS) is 14.4. The van der Waals surface area contributed by atoms with Crippen LogP contribution in [0.1, 0.15) is 44.8 Å². The number of benzene rings is 2. The maximum Gasteiger partial charge on any atom is 0.336 e. The van der Waals surface area contributed by atoms with Crippen LogP contribution >= 0.6 is 0 Å². The third-order valence-corrected chi connectivity index (χ3v) is 6.58. The lowest BCUT2D eigenvalue weighted by atomic mass is 9.77. The quantitative estimate of drug-likeness (QED) is 0.235. The number of hydrazine groups is 1. The third kappa shape index (κ3) is 6.79. The Morgan fingerprint density at radius 2 is 1.60 bits per heavy atom. The van der Waals surface area contributed by atoms with Crippen molar-refractivity contribution in [1.29, 1.82) is 0 Å². The minimum atomic E-state index is -1.86. The zero-order valence-corrected chi connectivity index (χ0v) is 22.4. The Bertz CT molecular complexity index is 1640. The Morgan fingerprint density at radius 1 is 0.977 bits per heavy atom. The average molecular weight is 596 g/mol. The van der Waals surface area contributed by atoms with Crippen molar-refractivity contribution in [2.24, 2.45) is 4.99 Å². The van der Waals surface area contributed by atoms with Gasteiger partial charge in [-0.2, -0.15) is 0 Å². The monoisotopic (exact) mass is 595 g/mol. The fourth-order valence-electron chi connectivity index (χ4n) is 4.45. The molecular formula is C28H24F3N7O5. The molecule has 1 aliphatic rings. The molecule has 2 aromatic carbocycles. The highest BCUT2D eigenvalue weighted by Crippen LogP contribution is 2.42. The first-order valence-corrected chi connectivity index (χ1v) is 12.5. The lowest BCUT2D eigenvalue weighted by Gasteiger charge is -2.38. The summed E-state index contributed by atoms with van der Waals surface area (Å²) in [6.45, 7) is 1.75. The van der Waals surface area contributed by atoms with Gasteiger partial charge in [0, 0.05) is 11.5 Å². The van der Waals surface area contributed by atoms with E-state index in [1.807, 2.05) is 0 Å². The number of aromatic carboxylic acids is 2. The summed E-state index contributed by atoms with van der Waals surface area (Å²) in [5.41, 5.74) is 0.604. The van der Waals surface area contributed by atoms with Crippen molar-refractivity contribution in [2.45, 2.75) is 18.4 Å². The Morgan fingerprint density at radius 3 is 2.16 bits per heavy atom. The van der Waals surface area contributed by atoms with Crippen LogP contribution in [0.25, 0.3) is 11.3 Å². The fourth-order valence-corrected chi connectivity index (χ4v) is 4.45. The number of β-amino-alcohol motifs (C(OH)–C–C–N with tert-alkyl or cyclic N) is 1. The highest BCUT2D eigenvalue weighted by Gasteiger charge is 2.43. The number of nitrogens with one attached hydrogen (secondary N) is 1. The summed E-state index contributed by atoms with van der Waals surface area (Å²) in [6, 6.07) is 9.01.